The monoisotopic (exact) mass is 393 g/mol. The van der Waals surface area contributed by atoms with Crippen LogP contribution in [0.2, 0.25) is 0 Å². The smallest absolute Gasteiger partial charge is 0.282 e. The fourth-order valence-corrected chi connectivity index (χ4v) is 4.35. The Labute approximate surface area is 155 Å². The molecule has 0 spiro atoms. The average Bonchev–Trinajstić information content (AvgIpc) is 2.67. The first kappa shape index (κ1) is 18.9. The minimum atomic E-state index is -3.87. The number of amides is 1. The van der Waals surface area contributed by atoms with Crippen LogP contribution in [0.25, 0.3) is 0 Å². The molecule has 2 aromatic carbocycles. The zero-order valence-electron chi connectivity index (χ0n) is 14.1. The lowest BCUT2D eigenvalue weighted by Crippen LogP contribution is -2.50. The molecule has 0 saturated carbocycles. The normalized spacial score (nSPS) is 15.5. The Morgan fingerprint density at radius 3 is 2.33 bits per heavy atom. The van der Waals surface area contributed by atoms with Crippen molar-refractivity contribution >= 4 is 21.6 Å². The van der Waals surface area contributed by atoms with Gasteiger partial charge in [-0.2, -0.15) is 4.31 Å². The zero-order valence-corrected chi connectivity index (χ0v) is 14.9. The highest BCUT2D eigenvalue weighted by molar-refractivity contribution is 7.89. The highest BCUT2D eigenvalue weighted by Crippen LogP contribution is 2.22. The minimum Gasteiger partial charge on any atom is -0.336 e. The number of sulfonamides is 1. The largest absolute Gasteiger partial charge is 0.336 e. The highest BCUT2D eigenvalue weighted by atomic mass is 32.2. The van der Waals surface area contributed by atoms with Crippen LogP contribution in [0, 0.1) is 15.9 Å². The molecular weight excluding hydrogens is 377 g/mol. The molecule has 3 rings (SSSR count). The third kappa shape index (κ3) is 3.81. The maximum absolute atomic E-state index is 13.3. The second kappa shape index (κ2) is 7.41. The van der Waals surface area contributed by atoms with Crippen LogP contribution in [0.1, 0.15) is 10.4 Å². The quantitative estimate of drug-likeness (QED) is 0.583. The Bertz CT molecular complexity index is 988. The van der Waals surface area contributed by atoms with Crippen LogP contribution < -0.4 is 0 Å². The molecular formula is C17H16FN3O5S. The van der Waals surface area contributed by atoms with Gasteiger partial charge in [-0.15, -0.1) is 0 Å². The van der Waals surface area contributed by atoms with Gasteiger partial charge in [0.15, 0.2) is 0 Å². The summed E-state index contributed by atoms with van der Waals surface area (Å²) >= 11 is 0. The van der Waals surface area contributed by atoms with Gasteiger partial charge in [0.1, 0.15) is 11.4 Å². The molecule has 8 nitrogen and oxygen atoms in total. The maximum Gasteiger partial charge on any atom is 0.282 e. The Morgan fingerprint density at radius 1 is 1.04 bits per heavy atom. The number of nitro groups is 1. The van der Waals surface area contributed by atoms with Gasteiger partial charge in [0.2, 0.25) is 10.0 Å². The van der Waals surface area contributed by atoms with Crippen LogP contribution in [-0.2, 0) is 10.0 Å². The summed E-state index contributed by atoms with van der Waals surface area (Å²) in [6.45, 7) is 0.204. The molecule has 0 unspecified atom stereocenters. The summed E-state index contributed by atoms with van der Waals surface area (Å²) in [5.74, 6) is -1.17. The topological polar surface area (TPSA) is 101 Å². The SMILES string of the molecule is O=C(c1ccccc1[N+](=O)[O-])N1CCN(S(=O)(=O)c2cccc(F)c2)CC1. The number of hydrogen-bond acceptors (Lipinski definition) is 5. The van der Waals surface area contributed by atoms with Crippen molar-refractivity contribution in [2.75, 3.05) is 26.2 Å². The summed E-state index contributed by atoms with van der Waals surface area (Å²) in [5.41, 5.74) is -0.332. The molecule has 1 saturated heterocycles. The minimum absolute atomic E-state index is 0.0191. The molecule has 2 aromatic rings. The molecule has 10 heteroatoms. The highest BCUT2D eigenvalue weighted by Gasteiger charge is 2.32. The van der Waals surface area contributed by atoms with Crippen molar-refractivity contribution in [2.45, 2.75) is 4.90 Å². The van der Waals surface area contributed by atoms with Crippen LogP contribution >= 0.6 is 0 Å². The summed E-state index contributed by atoms with van der Waals surface area (Å²) in [5, 5.41) is 11.1. The van der Waals surface area contributed by atoms with Crippen LogP contribution in [-0.4, -0.2) is 54.6 Å². The van der Waals surface area contributed by atoms with Gasteiger partial charge >= 0.3 is 0 Å². The Hall–Kier alpha value is -2.85. The van der Waals surface area contributed by atoms with Gasteiger partial charge in [0.25, 0.3) is 11.6 Å². The number of halogens is 1. The summed E-state index contributed by atoms with van der Waals surface area (Å²) < 4.78 is 39.7. The number of nitrogens with zero attached hydrogens (tertiary/aromatic N) is 3. The fourth-order valence-electron chi connectivity index (χ4n) is 2.89. The number of carbonyl (C=O) groups is 1. The van der Waals surface area contributed by atoms with Crippen LogP contribution in [0.5, 0.6) is 0 Å². The zero-order chi connectivity index (χ0) is 19.6. The lowest BCUT2D eigenvalue weighted by Gasteiger charge is -2.34. The van der Waals surface area contributed by atoms with E-state index in [4.69, 9.17) is 0 Å². The van der Waals surface area contributed by atoms with Crippen LogP contribution in [0.15, 0.2) is 53.4 Å². The lowest BCUT2D eigenvalue weighted by molar-refractivity contribution is -0.385. The molecule has 142 valence electrons. The van der Waals surface area contributed by atoms with E-state index in [1.807, 2.05) is 0 Å². The van der Waals surface area contributed by atoms with Gasteiger partial charge in [-0.1, -0.05) is 18.2 Å². The number of carbonyl (C=O) groups excluding carboxylic acids is 1. The van der Waals surface area contributed by atoms with Crippen molar-refractivity contribution in [1.82, 2.24) is 9.21 Å². The first-order valence-electron chi connectivity index (χ1n) is 8.09. The van der Waals surface area contributed by atoms with Gasteiger partial charge in [-0.3, -0.25) is 14.9 Å². The second-order valence-electron chi connectivity index (χ2n) is 5.93. The summed E-state index contributed by atoms with van der Waals surface area (Å²) in [6.07, 6.45) is 0. The average molecular weight is 393 g/mol. The number of hydrogen-bond donors (Lipinski definition) is 0. The Balaban J connectivity index is 1.74. The van der Waals surface area contributed by atoms with Crippen molar-refractivity contribution in [2.24, 2.45) is 0 Å². The van der Waals surface area contributed by atoms with E-state index in [0.717, 1.165) is 12.1 Å². The van der Waals surface area contributed by atoms with Crippen molar-refractivity contribution in [3.05, 3.63) is 70.0 Å². The molecule has 1 aliphatic heterocycles. The molecule has 1 amide bonds. The molecule has 0 radical (unpaired) electrons. The standard InChI is InChI=1S/C17H16FN3O5S/c18-13-4-3-5-14(12-13)27(25,26)20-10-8-19(9-11-20)17(22)15-6-1-2-7-16(15)21(23)24/h1-7,12H,8-11H2. The number of piperazine rings is 1. The van der Waals surface area contributed by atoms with Crippen molar-refractivity contribution in [3.8, 4) is 0 Å². The fraction of sp³-hybridized carbons (Fsp3) is 0.235. The van der Waals surface area contributed by atoms with E-state index >= 15 is 0 Å². The van der Waals surface area contributed by atoms with E-state index in [1.165, 1.54) is 45.6 Å². The number of nitro benzene ring substituents is 1. The number of rotatable bonds is 4. The van der Waals surface area contributed by atoms with Crippen molar-refractivity contribution in [3.63, 3.8) is 0 Å². The molecule has 0 atom stereocenters. The number of benzene rings is 2. The van der Waals surface area contributed by atoms with Gasteiger partial charge in [-0.25, -0.2) is 12.8 Å². The van der Waals surface area contributed by atoms with Crippen LogP contribution in [0.3, 0.4) is 0 Å². The maximum atomic E-state index is 13.3. The molecule has 1 aliphatic rings. The molecule has 0 aliphatic carbocycles. The first-order valence-corrected chi connectivity index (χ1v) is 9.53. The van der Waals surface area contributed by atoms with Gasteiger partial charge in [0.05, 0.1) is 9.82 Å². The van der Waals surface area contributed by atoms with Crippen LogP contribution in [0.4, 0.5) is 10.1 Å². The molecule has 0 bridgehead atoms. The number of para-hydroxylation sites is 1. The summed E-state index contributed by atoms with van der Waals surface area (Å²) in [7, 11) is -3.87. The predicted molar refractivity (Wildman–Crippen MR) is 94.2 cm³/mol. The van der Waals surface area contributed by atoms with E-state index < -0.39 is 26.7 Å². The Morgan fingerprint density at radius 2 is 1.70 bits per heavy atom. The molecule has 27 heavy (non-hydrogen) atoms. The van der Waals surface area contributed by atoms with Gasteiger partial charge in [0, 0.05) is 32.2 Å². The van der Waals surface area contributed by atoms with E-state index in [-0.39, 0.29) is 42.3 Å². The van der Waals surface area contributed by atoms with Gasteiger partial charge in [-0.05, 0) is 24.3 Å². The Kier molecular flexibility index (Phi) is 5.19. The molecule has 1 heterocycles. The summed E-state index contributed by atoms with van der Waals surface area (Å²) in [4.78, 5) is 24.3. The molecule has 1 fully saturated rings. The second-order valence-corrected chi connectivity index (χ2v) is 7.87. The van der Waals surface area contributed by atoms with Gasteiger partial charge < -0.3 is 4.90 Å². The van der Waals surface area contributed by atoms with E-state index in [9.17, 15) is 27.7 Å². The third-order valence-corrected chi connectivity index (χ3v) is 6.19. The lowest BCUT2D eigenvalue weighted by atomic mass is 10.1. The van der Waals surface area contributed by atoms with Crippen molar-refractivity contribution < 1.29 is 22.5 Å². The van der Waals surface area contributed by atoms with E-state index in [2.05, 4.69) is 0 Å². The van der Waals surface area contributed by atoms with Crippen molar-refractivity contribution in [1.29, 1.82) is 0 Å². The van der Waals surface area contributed by atoms with E-state index in [0.29, 0.717) is 0 Å². The molecule has 0 N–H and O–H groups in total. The first-order chi connectivity index (χ1) is 12.8. The molecule has 0 aromatic heterocycles. The summed E-state index contributed by atoms with van der Waals surface area (Å²) in [6, 6.07) is 10.3. The predicted octanol–water partition coefficient (Wildman–Crippen LogP) is 1.88. The third-order valence-electron chi connectivity index (χ3n) is 4.29. The van der Waals surface area contributed by atoms with E-state index in [1.54, 1.807) is 0 Å².